The molecule has 0 aliphatic carbocycles. The Labute approximate surface area is 152 Å². The molecule has 0 spiro atoms. The monoisotopic (exact) mass is 378 g/mol. The Hall–Kier alpha value is -2.93. The number of aromatic nitrogens is 1. The molecule has 0 saturated carbocycles. The first kappa shape index (κ1) is 17.9. The largest absolute Gasteiger partial charge is 0.479 e. The number of carbonyl (C=O) groups is 1. The number of carbonyl (C=O) groups excluding carboxylic acids is 1. The molecule has 1 atom stereocenters. The van der Waals surface area contributed by atoms with Crippen molar-refractivity contribution >= 4 is 23.4 Å². The summed E-state index contributed by atoms with van der Waals surface area (Å²) in [6.07, 6.45) is -0.855. The highest BCUT2D eigenvalue weighted by molar-refractivity contribution is 6.32. The number of rotatable bonds is 5. The molecule has 134 valence electrons. The molecule has 3 rings (SSSR count). The molecule has 1 N–H and O–H groups in total. The minimum atomic E-state index is -1.00. The van der Waals surface area contributed by atoms with Gasteiger partial charge in [-0.05, 0) is 37.3 Å². The molecule has 1 heterocycles. The lowest BCUT2D eigenvalue weighted by atomic mass is 10.1. The number of ether oxygens (including phenoxy) is 1. The van der Waals surface area contributed by atoms with Crippen molar-refractivity contribution in [1.29, 1.82) is 0 Å². The van der Waals surface area contributed by atoms with E-state index in [2.05, 4.69) is 10.5 Å². The molecule has 0 fully saturated rings. The third-order valence-electron chi connectivity index (χ3n) is 3.48. The Morgan fingerprint density at radius 3 is 2.69 bits per heavy atom. The van der Waals surface area contributed by atoms with Gasteiger partial charge in [0.05, 0.1) is 5.02 Å². The summed E-state index contributed by atoms with van der Waals surface area (Å²) in [5, 5.41) is 6.60. The fraction of sp³-hybridized carbons (Fsp3) is 0.111. The van der Waals surface area contributed by atoms with Gasteiger partial charge >= 0.3 is 0 Å². The third-order valence-corrected chi connectivity index (χ3v) is 3.79. The molecule has 0 saturated heterocycles. The molecule has 5 nitrogen and oxygen atoms in total. The van der Waals surface area contributed by atoms with Crippen LogP contribution in [0.5, 0.6) is 5.75 Å². The Kier molecular flexibility index (Phi) is 5.18. The molecule has 8 heteroatoms. The molecular weight excluding hydrogens is 366 g/mol. The first-order chi connectivity index (χ1) is 12.4. The van der Waals surface area contributed by atoms with E-state index in [9.17, 15) is 13.6 Å². The summed E-state index contributed by atoms with van der Waals surface area (Å²) in [5.74, 6) is -2.03. The van der Waals surface area contributed by atoms with E-state index in [1.54, 1.807) is 31.2 Å². The van der Waals surface area contributed by atoms with Crippen molar-refractivity contribution in [2.75, 3.05) is 5.32 Å². The number of benzene rings is 2. The Morgan fingerprint density at radius 2 is 1.96 bits per heavy atom. The van der Waals surface area contributed by atoms with Crippen molar-refractivity contribution < 1.29 is 22.8 Å². The third kappa shape index (κ3) is 4.00. The lowest BCUT2D eigenvalue weighted by molar-refractivity contribution is -0.122. The average molecular weight is 379 g/mol. The van der Waals surface area contributed by atoms with Crippen LogP contribution in [-0.2, 0) is 4.79 Å². The van der Waals surface area contributed by atoms with Crippen LogP contribution < -0.4 is 10.1 Å². The van der Waals surface area contributed by atoms with Gasteiger partial charge in [-0.15, -0.1) is 0 Å². The van der Waals surface area contributed by atoms with Gasteiger partial charge in [-0.1, -0.05) is 28.9 Å². The van der Waals surface area contributed by atoms with Crippen LogP contribution >= 0.6 is 11.6 Å². The van der Waals surface area contributed by atoms with Gasteiger partial charge in [-0.3, -0.25) is 10.1 Å². The Morgan fingerprint density at radius 1 is 1.19 bits per heavy atom. The van der Waals surface area contributed by atoms with Crippen molar-refractivity contribution in [3.05, 3.63) is 65.2 Å². The fourth-order valence-corrected chi connectivity index (χ4v) is 2.31. The molecular formula is C18H13ClF2N2O3. The van der Waals surface area contributed by atoms with Gasteiger partial charge in [-0.25, -0.2) is 8.78 Å². The summed E-state index contributed by atoms with van der Waals surface area (Å²) in [4.78, 5) is 12.2. The van der Waals surface area contributed by atoms with Crippen molar-refractivity contribution in [3.63, 3.8) is 0 Å². The second kappa shape index (κ2) is 7.53. The van der Waals surface area contributed by atoms with Gasteiger partial charge in [0, 0.05) is 11.6 Å². The van der Waals surface area contributed by atoms with E-state index < -0.39 is 23.6 Å². The minimum absolute atomic E-state index is 0.0457. The van der Waals surface area contributed by atoms with Crippen LogP contribution in [0.15, 0.2) is 53.1 Å². The summed E-state index contributed by atoms with van der Waals surface area (Å²) >= 11 is 5.99. The van der Waals surface area contributed by atoms with E-state index in [4.69, 9.17) is 20.9 Å². The molecule has 1 aromatic heterocycles. The summed E-state index contributed by atoms with van der Waals surface area (Å²) in [5.41, 5.74) is 0.562. The van der Waals surface area contributed by atoms with Gasteiger partial charge < -0.3 is 9.26 Å². The number of amides is 1. The first-order valence-electron chi connectivity index (χ1n) is 7.58. The van der Waals surface area contributed by atoms with E-state index in [0.717, 1.165) is 12.1 Å². The summed E-state index contributed by atoms with van der Waals surface area (Å²) in [6, 6.07) is 11.5. The smallest absolute Gasteiger partial charge is 0.267 e. The fourth-order valence-electron chi connectivity index (χ4n) is 2.13. The summed E-state index contributed by atoms with van der Waals surface area (Å²) in [6.45, 7) is 1.55. The van der Waals surface area contributed by atoms with Crippen LogP contribution in [-0.4, -0.2) is 17.2 Å². The van der Waals surface area contributed by atoms with Crippen molar-refractivity contribution in [2.45, 2.75) is 13.0 Å². The number of hydrogen-bond acceptors (Lipinski definition) is 4. The topological polar surface area (TPSA) is 64.4 Å². The minimum Gasteiger partial charge on any atom is -0.479 e. The van der Waals surface area contributed by atoms with Crippen LogP contribution in [0.4, 0.5) is 14.7 Å². The lowest BCUT2D eigenvalue weighted by Crippen LogP contribution is -2.30. The standard InChI is InChI=1S/C18H13ClF2N2O3/c1-10(25-16-5-3-2-4-12(16)19)18(24)22-17-9-15(23-26-17)11-6-7-13(20)14(21)8-11/h2-10H,1H3,(H,22,24). The summed E-state index contributed by atoms with van der Waals surface area (Å²) in [7, 11) is 0. The highest BCUT2D eigenvalue weighted by Gasteiger charge is 2.18. The van der Waals surface area contributed by atoms with Gasteiger partial charge in [0.2, 0.25) is 5.88 Å². The zero-order valence-corrected chi connectivity index (χ0v) is 14.3. The molecule has 2 aromatic carbocycles. The van der Waals surface area contributed by atoms with E-state index >= 15 is 0 Å². The van der Waals surface area contributed by atoms with Gasteiger partial charge in [-0.2, -0.15) is 0 Å². The maximum Gasteiger partial charge on any atom is 0.267 e. The molecule has 0 aliphatic rings. The number of hydrogen-bond donors (Lipinski definition) is 1. The van der Waals surface area contributed by atoms with Crippen molar-refractivity contribution in [3.8, 4) is 17.0 Å². The summed E-state index contributed by atoms with van der Waals surface area (Å²) < 4.78 is 36.8. The van der Waals surface area contributed by atoms with Crippen LogP contribution in [0.2, 0.25) is 5.02 Å². The predicted molar refractivity (Wildman–Crippen MR) is 92.0 cm³/mol. The molecule has 1 amide bonds. The average Bonchev–Trinajstić information content (AvgIpc) is 3.07. The zero-order valence-electron chi connectivity index (χ0n) is 13.5. The maximum atomic E-state index is 13.3. The van der Waals surface area contributed by atoms with E-state index in [1.165, 1.54) is 12.1 Å². The predicted octanol–water partition coefficient (Wildman–Crippen LogP) is 4.68. The molecule has 0 aliphatic heterocycles. The van der Waals surface area contributed by atoms with Gasteiger partial charge in [0.15, 0.2) is 17.7 Å². The van der Waals surface area contributed by atoms with Crippen molar-refractivity contribution in [2.24, 2.45) is 0 Å². The lowest BCUT2D eigenvalue weighted by Gasteiger charge is -2.14. The first-order valence-corrected chi connectivity index (χ1v) is 7.96. The molecule has 0 radical (unpaired) electrons. The van der Waals surface area contributed by atoms with E-state index in [0.29, 0.717) is 16.3 Å². The van der Waals surface area contributed by atoms with Gasteiger partial charge in [0.1, 0.15) is 11.4 Å². The second-order valence-corrected chi connectivity index (χ2v) is 5.79. The normalized spacial score (nSPS) is 11.8. The molecule has 3 aromatic rings. The number of nitrogens with one attached hydrogen (secondary N) is 1. The molecule has 0 bridgehead atoms. The number of anilines is 1. The van der Waals surface area contributed by atoms with Crippen LogP contribution in [0.3, 0.4) is 0 Å². The second-order valence-electron chi connectivity index (χ2n) is 5.39. The molecule has 1 unspecified atom stereocenters. The highest BCUT2D eigenvalue weighted by Crippen LogP contribution is 2.25. The zero-order chi connectivity index (χ0) is 18.7. The van der Waals surface area contributed by atoms with Crippen molar-refractivity contribution in [1.82, 2.24) is 5.16 Å². The quantitative estimate of drug-likeness (QED) is 0.700. The maximum absolute atomic E-state index is 13.3. The van der Waals surface area contributed by atoms with E-state index in [1.807, 2.05) is 0 Å². The van der Waals surface area contributed by atoms with E-state index in [-0.39, 0.29) is 11.6 Å². The molecule has 26 heavy (non-hydrogen) atoms. The van der Waals surface area contributed by atoms with Crippen LogP contribution in [0.25, 0.3) is 11.3 Å². The highest BCUT2D eigenvalue weighted by atomic mass is 35.5. The number of para-hydroxylation sites is 1. The number of halogens is 3. The Bertz CT molecular complexity index is 946. The SMILES string of the molecule is CC(Oc1ccccc1Cl)C(=O)Nc1cc(-c2ccc(F)c(F)c2)no1. The van der Waals surface area contributed by atoms with Crippen LogP contribution in [0.1, 0.15) is 6.92 Å². The van der Waals surface area contributed by atoms with Gasteiger partial charge in [0.25, 0.3) is 5.91 Å². The number of nitrogens with zero attached hydrogens (tertiary/aromatic N) is 1. The van der Waals surface area contributed by atoms with Crippen LogP contribution in [0, 0.1) is 11.6 Å². The Balaban J connectivity index is 1.67.